The maximum atomic E-state index is 12.2. The first-order valence-corrected chi connectivity index (χ1v) is 6.46. The number of hydrogen-bond acceptors (Lipinski definition) is 3. The van der Waals surface area contributed by atoms with Gasteiger partial charge in [-0.15, -0.1) is 0 Å². The van der Waals surface area contributed by atoms with Crippen LogP contribution in [0.3, 0.4) is 0 Å². The van der Waals surface area contributed by atoms with Gasteiger partial charge in [-0.1, -0.05) is 30.3 Å². The van der Waals surface area contributed by atoms with Crippen molar-refractivity contribution in [2.75, 3.05) is 6.61 Å². The molecule has 4 nitrogen and oxygen atoms in total. The van der Waals surface area contributed by atoms with Crippen molar-refractivity contribution in [3.05, 3.63) is 71.3 Å². The molecule has 0 atom stereocenters. The Morgan fingerprint density at radius 2 is 1.75 bits per heavy atom. The van der Waals surface area contributed by atoms with Crippen molar-refractivity contribution >= 4 is 10.9 Å². The number of nitrogens with zero attached hydrogens (tertiary/aromatic N) is 2. The first kappa shape index (κ1) is 12.4. The van der Waals surface area contributed by atoms with E-state index in [2.05, 4.69) is 4.98 Å². The van der Waals surface area contributed by atoms with Gasteiger partial charge in [0.1, 0.15) is 12.4 Å². The maximum Gasteiger partial charge on any atom is 0.261 e. The highest BCUT2D eigenvalue weighted by Gasteiger charge is 2.03. The molecule has 0 aliphatic carbocycles. The zero-order chi connectivity index (χ0) is 13.8. The Hall–Kier alpha value is -2.62. The molecule has 0 aliphatic heterocycles. The minimum absolute atomic E-state index is 0.0349. The SMILES string of the molecule is O=c1c2ccccc2ncn1CCOc1ccccc1. The lowest BCUT2D eigenvalue weighted by molar-refractivity contribution is 0.296. The van der Waals surface area contributed by atoms with E-state index in [-0.39, 0.29) is 5.56 Å². The molecule has 0 saturated heterocycles. The molecule has 0 spiro atoms. The van der Waals surface area contributed by atoms with Crippen LogP contribution in [0.15, 0.2) is 65.7 Å². The van der Waals surface area contributed by atoms with Crippen LogP contribution in [0.5, 0.6) is 5.75 Å². The van der Waals surface area contributed by atoms with Gasteiger partial charge >= 0.3 is 0 Å². The zero-order valence-corrected chi connectivity index (χ0v) is 10.9. The molecule has 0 unspecified atom stereocenters. The predicted octanol–water partition coefficient (Wildman–Crippen LogP) is 2.48. The molecule has 20 heavy (non-hydrogen) atoms. The third kappa shape index (κ3) is 2.54. The Morgan fingerprint density at radius 3 is 2.60 bits per heavy atom. The normalized spacial score (nSPS) is 10.6. The summed E-state index contributed by atoms with van der Waals surface area (Å²) in [5.74, 6) is 0.800. The molecule has 0 saturated carbocycles. The molecule has 0 radical (unpaired) electrons. The number of ether oxygens (including phenoxy) is 1. The molecule has 0 amide bonds. The lowest BCUT2D eigenvalue weighted by atomic mass is 10.2. The molecule has 3 aromatic rings. The summed E-state index contributed by atoms with van der Waals surface area (Å²) in [6.45, 7) is 0.912. The predicted molar refractivity (Wildman–Crippen MR) is 77.9 cm³/mol. The second-order valence-electron chi connectivity index (χ2n) is 4.42. The fraction of sp³-hybridized carbons (Fsp3) is 0.125. The molecular weight excluding hydrogens is 252 g/mol. The molecule has 1 aromatic heterocycles. The van der Waals surface area contributed by atoms with Crippen LogP contribution < -0.4 is 10.3 Å². The minimum atomic E-state index is -0.0349. The first-order valence-electron chi connectivity index (χ1n) is 6.46. The highest BCUT2D eigenvalue weighted by Crippen LogP contribution is 2.08. The van der Waals surface area contributed by atoms with Crippen molar-refractivity contribution in [3.63, 3.8) is 0 Å². The van der Waals surface area contributed by atoms with E-state index in [1.165, 1.54) is 0 Å². The van der Waals surface area contributed by atoms with E-state index in [0.29, 0.717) is 18.5 Å². The van der Waals surface area contributed by atoms with Gasteiger partial charge in [-0.2, -0.15) is 0 Å². The Balaban J connectivity index is 1.75. The van der Waals surface area contributed by atoms with Crippen molar-refractivity contribution in [1.29, 1.82) is 0 Å². The van der Waals surface area contributed by atoms with Gasteiger partial charge in [-0.05, 0) is 24.3 Å². The molecule has 1 heterocycles. The number of hydrogen-bond donors (Lipinski definition) is 0. The number of aromatic nitrogens is 2. The van der Waals surface area contributed by atoms with Crippen molar-refractivity contribution in [2.24, 2.45) is 0 Å². The summed E-state index contributed by atoms with van der Waals surface area (Å²) >= 11 is 0. The van der Waals surface area contributed by atoms with E-state index in [1.54, 1.807) is 17.0 Å². The quantitative estimate of drug-likeness (QED) is 0.728. The van der Waals surface area contributed by atoms with Crippen LogP contribution in [-0.2, 0) is 6.54 Å². The van der Waals surface area contributed by atoms with Gasteiger partial charge in [-0.3, -0.25) is 9.36 Å². The van der Waals surface area contributed by atoms with Gasteiger partial charge in [0.2, 0.25) is 0 Å². The smallest absolute Gasteiger partial charge is 0.261 e. The van der Waals surface area contributed by atoms with Gasteiger partial charge in [0, 0.05) is 0 Å². The summed E-state index contributed by atoms with van der Waals surface area (Å²) < 4.78 is 7.16. The number of rotatable bonds is 4. The van der Waals surface area contributed by atoms with E-state index >= 15 is 0 Å². The molecule has 4 heteroatoms. The van der Waals surface area contributed by atoms with Crippen LogP contribution in [0.1, 0.15) is 0 Å². The molecule has 0 N–H and O–H groups in total. The average Bonchev–Trinajstić information content (AvgIpc) is 2.51. The maximum absolute atomic E-state index is 12.2. The molecule has 2 aromatic carbocycles. The lowest BCUT2D eigenvalue weighted by Crippen LogP contribution is -2.23. The number of benzene rings is 2. The van der Waals surface area contributed by atoms with Crippen LogP contribution in [-0.4, -0.2) is 16.2 Å². The molecule has 3 rings (SSSR count). The Labute approximate surface area is 116 Å². The van der Waals surface area contributed by atoms with E-state index in [4.69, 9.17) is 4.74 Å². The van der Waals surface area contributed by atoms with Gasteiger partial charge < -0.3 is 4.74 Å². The summed E-state index contributed by atoms with van der Waals surface area (Å²) in [5, 5.41) is 0.634. The number of fused-ring (bicyclic) bond motifs is 1. The van der Waals surface area contributed by atoms with E-state index < -0.39 is 0 Å². The second-order valence-corrected chi connectivity index (χ2v) is 4.42. The van der Waals surface area contributed by atoms with Gasteiger partial charge in [0.25, 0.3) is 5.56 Å². The largest absolute Gasteiger partial charge is 0.492 e. The topological polar surface area (TPSA) is 44.1 Å². The standard InChI is InChI=1S/C16H14N2O2/c19-16-14-8-4-5-9-15(14)17-12-18(16)10-11-20-13-6-2-1-3-7-13/h1-9,12H,10-11H2. The van der Waals surface area contributed by atoms with Crippen LogP contribution in [0.25, 0.3) is 10.9 Å². The van der Waals surface area contributed by atoms with Crippen LogP contribution >= 0.6 is 0 Å². The van der Waals surface area contributed by atoms with Crippen molar-refractivity contribution < 1.29 is 4.74 Å². The summed E-state index contributed by atoms with van der Waals surface area (Å²) in [6, 6.07) is 16.9. The molecular formula is C16H14N2O2. The third-order valence-corrected chi connectivity index (χ3v) is 3.08. The molecule has 100 valence electrons. The monoisotopic (exact) mass is 266 g/mol. The van der Waals surface area contributed by atoms with Crippen LogP contribution in [0, 0.1) is 0 Å². The Bertz CT molecular complexity index is 766. The Morgan fingerprint density at radius 1 is 1.00 bits per heavy atom. The fourth-order valence-electron chi connectivity index (χ4n) is 2.04. The van der Waals surface area contributed by atoms with E-state index in [1.807, 2.05) is 48.5 Å². The minimum Gasteiger partial charge on any atom is -0.492 e. The fourth-order valence-corrected chi connectivity index (χ4v) is 2.04. The summed E-state index contributed by atoms with van der Waals surface area (Å²) in [7, 11) is 0. The van der Waals surface area contributed by atoms with Gasteiger partial charge in [-0.25, -0.2) is 4.98 Å². The number of para-hydroxylation sites is 2. The second kappa shape index (κ2) is 5.57. The molecule has 0 bridgehead atoms. The van der Waals surface area contributed by atoms with Crippen LogP contribution in [0.4, 0.5) is 0 Å². The first-order chi connectivity index (χ1) is 9.84. The summed E-state index contributed by atoms with van der Waals surface area (Å²) in [4.78, 5) is 16.5. The summed E-state index contributed by atoms with van der Waals surface area (Å²) in [5.41, 5.74) is 0.685. The molecule has 0 fully saturated rings. The molecule has 0 aliphatic rings. The average molecular weight is 266 g/mol. The van der Waals surface area contributed by atoms with Crippen molar-refractivity contribution in [1.82, 2.24) is 9.55 Å². The highest BCUT2D eigenvalue weighted by atomic mass is 16.5. The van der Waals surface area contributed by atoms with E-state index in [0.717, 1.165) is 11.3 Å². The summed E-state index contributed by atoms with van der Waals surface area (Å²) in [6.07, 6.45) is 1.57. The third-order valence-electron chi connectivity index (χ3n) is 3.08. The van der Waals surface area contributed by atoms with Crippen molar-refractivity contribution in [3.8, 4) is 5.75 Å². The lowest BCUT2D eigenvalue weighted by Gasteiger charge is -2.08. The van der Waals surface area contributed by atoms with Crippen LogP contribution in [0.2, 0.25) is 0 Å². The van der Waals surface area contributed by atoms with Gasteiger partial charge in [0.05, 0.1) is 23.8 Å². The Kier molecular flexibility index (Phi) is 3.46. The van der Waals surface area contributed by atoms with E-state index in [9.17, 15) is 4.79 Å². The zero-order valence-electron chi connectivity index (χ0n) is 10.9. The highest BCUT2D eigenvalue weighted by molar-refractivity contribution is 5.76. The van der Waals surface area contributed by atoms with Crippen molar-refractivity contribution in [2.45, 2.75) is 6.54 Å². The van der Waals surface area contributed by atoms with Gasteiger partial charge in [0.15, 0.2) is 0 Å².